The van der Waals surface area contributed by atoms with Gasteiger partial charge in [-0.15, -0.1) is 0 Å². The lowest BCUT2D eigenvalue weighted by atomic mass is 10.0. The highest BCUT2D eigenvalue weighted by molar-refractivity contribution is 5.99. The van der Waals surface area contributed by atoms with Gasteiger partial charge in [-0.1, -0.05) is 43.3 Å². The number of nitrogens with zero attached hydrogens (tertiary/aromatic N) is 1. The number of hydrogen-bond acceptors (Lipinski definition) is 5. The van der Waals surface area contributed by atoms with Crippen molar-refractivity contribution in [2.45, 2.75) is 46.3 Å². The maximum absolute atomic E-state index is 12.6. The minimum atomic E-state index is -0.617. The van der Waals surface area contributed by atoms with Crippen molar-refractivity contribution in [3.05, 3.63) is 54.1 Å². The minimum Gasteiger partial charge on any atom is -0.389 e. The lowest BCUT2D eigenvalue weighted by Gasteiger charge is -2.21. The molecule has 164 valence electrons. The zero-order chi connectivity index (χ0) is 21.9. The molecule has 5 nitrogen and oxygen atoms in total. The normalized spacial score (nSPS) is 13.1. The van der Waals surface area contributed by atoms with Gasteiger partial charge in [-0.3, -0.25) is 4.79 Å². The number of carbonyl (C=O) groups is 1. The van der Waals surface area contributed by atoms with Gasteiger partial charge in [0, 0.05) is 30.9 Å². The molecule has 5 heteroatoms. The summed E-state index contributed by atoms with van der Waals surface area (Å²) in [6.07, 6.45) is -0.197. The van der Waals surface area contributed by atoms with Crippen LogP contribution >= 0.6 is 0 Å². The Morgan fingerprint density at radius 3 is 2.10 bits per heavy atom. The van der Waals surface area contributed by atoms with Gasteiger partial charge in [0.2, 0.25) is 0 Å². The van der Waals surface area contributed by atoms with E-state index in [9.17, 15) is 9.90 Å². The fourth-order valence-corrected chi connectivity index (χ4v) is 3.35. The first kappa shape index (κ1) is 24.1. The van der Waals surface area contributed by atoms with Crippen LogP contribution in [-0.4, -0.2) is 55.9 Å². The molecule has 0 saturated carbocycles. The Labute approximate surface area is 181 Å². The van der Waals surface area contributed by atoms with E-state index in [1.807, 2.05) is 24.3 Å². The fourth-order valence-electron chi connectivity index (χ4n) is 3.35. The highest BCUT2D eigenvalue weighted by Crippen LogP contribution is 2.24. The van der Waals surface area contributed by atoms with Crippen molar-refractivity contribution in [1.82, 2.24) is 5.32 Å². The van der Waals surface area contributed by atoms with E-state index >= 15 is 0 Å². The van der Waals surface area contributed by atoms with E-state index in [-0.39, 0.29) is 12.4 Å². The number of ketones is 1. The molecule has 2 N–H and O–H groups in total. The zero-order valence-electron chi connectivity index (χ0n) is 18.7. The van der Waals surface area contributed by atoms with E-state index in [1.54, 1.807) is 6.92 Å². The Morgan fingerprint density at radius 1 is 1.00 bits per heavy atom. The number of aliphatic hydroxyl groups excluding tert-OH is 1. The molecule has 0 aromatic heterocycles. The molecule has 2 aromatic rings. The molecule has 2 rings (SSSR count). The zero-order valence-corrected chi connectivity index (χ0v) is 18.7. The maximum Gasteiger partial charge on any atom is 0.191 e. The number of nitrogens with one attached hydrogen (secondary N) is 1. The molecule has 2 aromatic carbocycles. The molecule has 0 aliphatic rings. The van der Waals surface area contributed by atoms with E-state index < -0.39 is 12.2 Å². The third kappa shape index (κ3) is 6.94. The number of anilines is 1. The fraction of sp³-hybridized carbons (Fsp3) is 0.480. The van der Waals surface area contributed by atoms with Crippen LogP contribution in [0.2, 0.25) is 0 Å². The quantitative estimate of drug-likeness (QED) is 0.382. The van der Waals surface area contributed by atoms with Gasteiger partial charge in [0.25, 0.3) is 0 Å². The average molecular weight is 413 g/mol. The largest absolute Gasteiger partial charge is 0.389 e. The van der Waals surface area contributed by atoms with Gasteiger partial charge in [-0.25, -0.2) is 0 Å². The lowest BCUT2D eigenvalue weighted by molar-refractivity contribution is 0.00432. The minimum absolute atomic E-state index is 0.0767. The van der Waals surface area contributed by atoms with Gasteiger partial charge in [0.05, 0.1) is 12.7 Å². The monoisotopic (exact) mass is 412 g/mol. The summed E-state index contributed by atoms with van der Waals surface area (Å²) in [5, 5.41) is 13.1. The molecule has 0 heterocycles. The summed E-state index contributed by atoms with van der Waals surface area (Å²) in [5.74, 6) is -0.0767. The molecular formula is C25H36N2O3. The molecule has 0 aliphatic heterocycles. The van der Waals surface area contributed by atoms with Gasteiger partial charge in [-0.05, 0) is 57.0 Å². The van der Waals surface area contributed by atoms with Crippen LogP contribution in [0, 0.1) is 0 Å². The Bertz CT molecular complexity index is 755. The third-order valence-corrected chi connectivity index (χ3v) is 5.21. The molecular weight excluding hydrogens is 376 g/mol. The van der Waals surface area contributed by atoms with Crippen molar-refractivity contribution in [2.24, 2.45) is 0 Å². The highest BCUT2D eigenvalue weighted by Gasteiger charge is 2.17. The molecule has 0 spiro atoms. The summed E-state index contributed by atoms with van der Waals surface area (Å²) in [7, 11) is 0. The molecule has 0 fully saturated rings. The Hall–Kier alpha value is -2.21. The van der Waals surface area contributed by atoms with Crippen molar-refractivity contribution in [3.63, 3.8) is 0 Å². The first-order valence-electron chi connectivity index (χ1n) is 11.0. The molecule has 0 radical (unpaired) electrons. The summed E-state index contributed by atoms with van der Waals surface area (Å²) in [4.78, 5) is 14.9. The Balaban J connectivity index is 1.93. The Morgan fingerprint density at radius 2 is 1.57 bits per heavy atom. The van der Waals surface area contributed by atoms with Crippen molar-refractivity contribution < 1.29 is 14.6 Å². The first-order chi connectivity index (χ1) is 14.5. The second-order valence-electron chi connectivity index (χ2n) is 7.49. The van der Waals surface area contributed by atoms with Crippen molar-refractivity contribution in [2.75, 3.05) is 37.7 Å². The number of hydrogen-bond donors (Lipinski definition) is 2. The van der Waals surface area contributed by atoms with Crippen LogP contribution in [0.15, 0.2) is 48.5 Å². The SMILES string of the molecule is CCCNCC(O)COC(C)C(=O)c1ccc(-c2ccc(N(CC)CC)cc2)cc1. The van der Waals surface area contributed by atoms with Gasteiger partial charge < -0.3 is 20.1 Å². The van der Waals surface area contributed by atoms with Gasteiger partial charge in [-0.2, -0.15) is 0 Å². The number of aliphatic hydroxyl groups is 1. The number of rotatable bonds is 13. The van der Waals surface area contributed by atoms with Crippen LogP contribution in [0.25, 0.3) is 11.1 Å². The number of carbonyl (C=O) groups excluding carboxylic acids is 1. The van der Waals surface area contributed by atoms with Gasteiger partial charge in [0.1, 0.15) is 6.10 Å². The van der Waals surface area contributed by atoms with Crippen molar-refractivity contribution >= 4 is 11.5 Å². The Kier molecular flexibility index (Phi) is 10.0. The van der Waals surface area contributed by atoms with E-state index in [0.29, 0.717) is 12.1 Å². The van der Waals surface area contributed by atoms with Crippen LogP contribution in [0.1, 0.15) is 44.5 Å². The van der Waals surface area contributed by atoms with E-state index in [0.717, 1.165) is 37.2 Å². The van der Waals surface area contributed by atoms with Crippen LogP contribution < -0.4 is 10.2 Å². The second-order valence-corrected chi connectivity index (χ2v) is 7.49. The first-order valence-corrected chi connectivity index (χ1v) is 11.0. The topological polar surface area (TPSA) is 61.8 Å². The standard InChI is InChI=1S/C25H36N2O3/c1-5-16-26-17-24(28)18-30-19(4)25(29)22-10-8-20(9-11-22)21-12-14-23(15-13-21)27(6-2)7-3/h8-15,19,24,26,28H,5-7,16-18H2,1-4H3. The molecule has 0 amide bonds. The van der Waals surface area contributed by atoms with Crippen LogP contribution in [0.4, 0.5) is 5.69 Å². The lowest BCUT2D eigenvalue weighted by Crippen LogP contribution is -2.33. The predicted octanol–water partition coefficient (Wildman–Crippen LogP) is 4.15. The van der Waals surface area contributed by atoms with Gasteiger partial charge in [0.15, 0.2) is 5.78 Å². The predicted molar refractivity (Wildman–Crippen MR) is 124 cm³/mol. The number of Topliss-reactive ketones (excluding diaryl/α,β-unsaturated/α-hetero) is 1. The van der Waals surface area contributed by atoms with Crippen molar-refractivity contribution in [1.29, 1.82) is 0 Å². The molecule has 2 atom stereocenters. The van der Waals surface area contributed by atoms with Crippen LogP contribution in [-0.2, 0) is 4.74 Å². The molecule has 30 heavy (non-hydrogen) atoms. The van der Waals surface area contributed by atoms with Crippen LogP contribution in [0.5, 0.6) is 0 Å². The van der Waals surface area contributed by atoms with E-state index in [4.69, 9.17) is 4.74 Å². The highest BCUT2D eigenvalue weighted by atomic mass is 16.5. The van der Waals surface area contributed by atoms with E-state index in [1.165, 1.54) is 5.69 Å². The smallest absolute Gasteiger partial charge is 0.191 e. The van der Waals surface area contributed by atoms with Crippen LogP contribution in [0.3, 0.4) is 0 Å². The molecule has 0 aliphatic carbocycles. The number of ether oxygens (including phenoxy) is 1. The summed E-state index contributed by atoms with van der Waals surface area (Å²) < 4.78 is 5.58. The molecule has 0 saturated heterocycles. The molecule has 0 bridgehead atoms. The summed E-state index contributed by atoms with van der Waals surface area (Å²) in [6, 6.07) is 16.1. The van der Waals surface area contributed by atoms with Gasteiger partial charge >= 0.3 is 0 Å². The van der Waals surface area contributed by atoms with E-state index in [2.05, 4.69) is 55.3 Å². The summed E-state index contributed by atoms with van der Waals surface area (Å²) in [6.45, 7) is 11.5. The van der Waals surface area contributed by atoms with Crippen molar-refractivity contribution in [3.8, 4) is 11.1 Å². The maximum atomic E-state index is 12.6. The summed E-state index contributed by atoms with van der Waals surface area (Å²) in [5.41, 5.74) is 4.03. The number of benzene rings is 2. The molecule has 2 unspecified atom stereocenters. The third-order valence-electron chi connectivity index (χ3n) is 5.21. The second kappa shape index (κ2) is 12.5. The average Bonchev–Trinajstić information content (AvgIpc) is 2.78. The summed E-state index contributed by atoms with van der Waals surface area (Å²) >= 11 is 0.